The Morgan fingerprint density at radius 2 is 1.52 bits per heavy atom. The van der Waals surface area contributed by atoms with E-state index in [1.54, 1.807) is 0 Å². The zero-order valence-electron chi connectivity index (χ0n) is 25.5. The number of nitrogens with zero attached hydrogens (tertiary/aromatic N) is 2. The van der Waals surface area contributed by atoms with Crippen LogP contribution in [0.5, 0.6) is 0 Å². The summed E-state index contributed by atoms with van der Waals surface area (Å²) in [4.78, 5) is 9.04. The molecule has 0 unspecified atom stereocenters. The van der Waals surface area contributed by atoms with Crippen LogP contribution >= 0.6 is 0 Å². The van der Waals surface area contributed by atoms with E-state index in [-0.39, 0.29) is 20.1 Å². The van der Waals surface area contributed by atoms with Crippen molar-refractivity contribution in [2.24, 2.45) is 0 Å². The molecule has 6 rings (SSSR count). The van der Waals surface area contributed by atoms with E-state index in [0.717, 1.165) is 33.7 Å². The first-order valence-electron chi connectivity index (χ1n) is 14.4. The molecule has 0 saturated carbocycles. The van der Waals surface area contributed by atoms with Crippen molar-refractivity contribution in [3.63, 3.8) is 0 Å². The minimum atomic E-state index is -1.49. The van der Waals surface area contributed by atoms with E-state index in [1.165, 1.54) is 27.1 Å². The van der Waals surface area contributed by atoms with Gasteiger partial charge in [-0.3, -0.25) is 0 Å². The van der Waals surface area contributed by atoms with Crippen molar-refractivity contribution in [2.45, 2.75) is 59.2 Å². The Morgan fingerprint density at radius 1 is 0.738 bits per heavy atom. The van der Waals surface area contributed by atoms with Gasteiger partial charge in [0.05, 0.1) is 13.7 Å². The zero-order valence-corrected chi connectivity index (χ0v) is 28.8. The maximum atomic E-state index is 6.33. The molecular weight excluding hydrogens is 709 g/mol. The van der Waals surface area contributed by atoms with Gasteiger partial charge in [-0.25, -0.2) is 0 Å². The summed E-state index contributed by atoms with van der Waals surface area (Å²) >= 11 is 0. The topological polar surface area (TPSA) is 38.9 Å². The number of furan rings is 1. The average Bonchev–Trinajstić information content (AvgIpc) is 3.36. The van der Waals surface area contributed by atoms with Crippen LogP contribution in [0.25, 0.3) is 44.5 Å². The van der Waals surface area contributed by atoms with Gasteiger partial charge in [0.25, 0.3) is 0 Å². The van der Waals surface area contributed by atoms with Crippen LogP contribution in [0, 0.1) is 12.1 Å². The van der Waals surface area contributed by atoms with Gasteiger partial charge >= 0.3 is 0 Å². The Hall–Kier alpha value is -3.37. The van der Waals surface area contributed by atoms with Crippen molar-refractivity contribution in [2.75, 3.05) is 0 Å². The van der Waals surface area contributed by atoms with Crippen LogP contribution in [0.1, 0.15) is 50.7 Å². The minimum Gasteiger partial charge on any atom is -0.501 e. The molecule has 0 fully saturated rings. The predicted molar refractivity (Wildman–Crippen MR) is 175 cm³/mol. The summed E-state index contributed by atoms with van der Waals surface area (Å²) in [5.41, 5.74) is 8.31. The monoisotopic (exact) mass is 747 g/mol. The van der Waals surface area contributed by atoms with Crippen molar-refractivity contribution in [3.05, 3.63) is 115 Å². The van der Waals surface area contributed by atoms with Crippen molar-refractivity contribution in [3.8, 4) is 22.5 Å². The number of benzene rings is 3. The van der Waals surface area contributed by atoms with E-state index in [9.17, 15) is 0 Å². The number of hydrogen-bond donors (Lipinski definition) is 0. The molecule has 0 spiro atoms. The van der Waals surface area contributed by atoms with E-state index in [2.05, 4.69) is 118 Å². The van der Waals surface area contributed by atoms with Gasteiger partial charge < -0.3 is 14.4 Å². The Labute approximate surface area is 264 Å². The Balaban J connectivity index is 0.000000216. The summed E-state index contributed by atoms with van der Waals surface area (Å²) in [6, 6.07) is 33.4. The third-order valence-electron chi connectivity index (χ3n) is 7.41. The molecular formula is C37H38IrN2OSi-2. The molecule has 5 heteroatoms. The van der Waals surface area contributed by atoms with Crippen LogP contribution in [0.2, 0.25) is 19.6 Å². The van der Waals surface area contributed by atoms with E-state index in [1.807, 2.05) is 42.7 Å². The van der Waals surface area contributed by atoms with Crippen LogP contribution in [0.3, 0.4) is 0 Å². The molecule has 0 aliphatic carbocycles. The third-order valence-corrected chi connectivity index (χ3v) is 9.44. The Kier molecular flexibility index (Phi) is 9.99. The second-order valence-electron chi connectivity index (χ2n) is 12.2. The Morgan fingerprint density at radius 3 is 2.17 bits per heavy atom. The molecule has 0 aliphatic heterocycles. The molecule has 3 nitrogen and oxygen atoms in total. The zero-order chi connectivity index (χ0) is 29.1. The second-order valence-corrected chi connectivity index (χ2v) is 17.2. The number of fused-ring (bicyclic) bond motifs is 3. The van der Waals surface area contributed by atoms with E-state index < -0.39 is 8.07 Å². The summed E-state index contributed by atoms with van der Waals surface area (Å²) in [5, 5.41) is 3.87. The first-order valence-corrected chi connectivity index (χ1v) is 17.9. The van der Waals surface area contributed by atoms with Crippen LogP contribution in [-0.2, 0) is 20.1 Å². The Bertz CT molecular complexity index is 1770. The van der Waals surface area contributed by atoms with E-state index in [4.69, 9.17) is 4.42 Å². The summed E-state index contributed by atoms with van der Waals surface area (Å²) < 4.78 is 6.33. The maximum Gasteiger partial charge on any atom is 0.120 e. The molecule has 0 amide bonds. The molecule has 0 aliphatic rings. The molecule has 0 bridgehead atoms. The molecule has 6 aromatic rings. The van der Waals surface area contributed by atoms with Gasteiger partial charge in [-0.1, -0.05) is 99.4 Å². The summed E-state index contributed by atoms with van der Waals surface area (Å²) in [7, 11) is -1.49. The fourth-order valence-electron chi connectivity index (χ4n) is 5.01. The summed E-state index contributed by atoms with van der Waals surface area (Å²) in [5.74, 6) is 0.997. The fourth-order valence-corrected chi connectivity index (χ4v) is 6.61. The molecule has 0 atom stereocenters. The molecule has 0 saturated heterocycles. The summed E-state index contributed by atoms with van der Waals surface area (Å²) in [6.45, 7) is 15.9. The van der Waals surface area contributed by atoms with Crippen molar-refractivity contribution >= 4 is 35.2 Å². The van der Waals surface area contributed by atoms with Gasteiger partial charge in [0.15, 0.2) is 0 Å². The smallest absolute Gasteiger partial charge is 0.120 e. The predicted octanol–water partition coefficient (Wildman–Crippen LogP) is 9.79. The molecule has 3 heterocycles. The van der Waals surface area contributed by atoms with Crippen LogP contribution in [0.15, 0.2) is 95.7 Å². The van der Waals surface area contributed by atoms with Gasteiger partial charge in [-0.05, 0) is 40.9 Å². The number of rotatable bonds is 5. The van der Waals surface area contributed by atoms with Gasteiger partial charge in [0.2, 0.25) is 0 Å². The molecule has 217 valence electrons. The van der Waals surface area contributed by atoms with Gasteiger partial charge in [0.1, 0.15) is 5.58 Å². The normalized spacial score (nSPS) is 11.5. The first-order chi connectivity index (χ1) is 19.6. The van der Waals surface area contributed by atoms with E-state index >= 15 is 0 Å². The van der Waals surface area contributed by atoms with Crippen molar-refractivity contribution < 1.29 is 24.5 Å². The molecule has 3 aromatic heterocycles. The molecule has 1 radical (unpaired) electrons. The van der Waals surface area contributed by atoms with Gasteiger partial charge in [-0.2, -0.15) is 0 Å². The summed E-state index contributed by atoms with van der Waals surface area (Å²) in [6.07, 6.45) is 3.83. The largest absolute Gasteiger partial charge is 0.501 e. The van der Waals surface area contributed by atoms with Gasteiger partial charge in [0, 0.05) is 37.9 Å². The van der Waals surface area contributed by atoms with Crippen LogP contribution < -0.4 is 5.19 Å². The number of aromatic nitrogens is 2. The standard InChI is InChI=1S/C23H24NOSi.C14H14N.Ir/c1-15(2)16-12-13-24-19(14-16)17-8-6-9-18-22-20(25-23(17)18)10-7-11-21(22)26(3,4)5;1-11(2)13-8-9-14(15-10-13)12-6-4-3-5-7-12;/h6-7,9-15H,1-5H3;3-6,8-11H,1-2H3;/q2*-1;. The molecule has 3 aromatic carbocycles. The van der Waals surface area contributed by atoms with E-state index in [0.29, 0.717) is 11.8 Å². The SMILES string of the molecule is CC(C)c1ccc(-c2[c-]cccc2)nc1.CC(C)c1ccnc(-c2[c-]ccc3c2oc2cccc([Si](C)(C)C)c23)c1.[Ir]. The maximum absolute atomic E-state index is 6.33. The quantitative estimate of drug-likeness (QED) is 0.130. The van der Waals surface area contributed by atoms with Crippen molar-refractivity contribution in [1.29, 1.82) is 0 Å². The first kappa shape index (κ1) is 31.6. The van der Waals surface area contributed by atoms with Gasteiger partial charge in [-0.15, -0.1) is 54.1 Å². The van der Waals surface area contributed by atoms with Crippen LogP contribution in [-0.4, -0.2) is 18.0 Å². The third kappa shape index (κ3) is 6.81. The molecule has 42 heavy (non-hydrogen) atoms. The van der Waals surface area contributed by atoms with Crippen molar-refractivity contribution in [1.82, 2.24) is 9.97 Å². The fraction of sp³-hybridized carbons (Fsp3) is 0.243. The minimum absolute atomic E-state index is 0. The number of pyridine rings is 2. The molecule has 0 N–H and O–H groups in total. The van der Waals surface area contributed by atoms with Crippen LogP contribution in [0.4, 0.5) is 0 Å². The second kappa shape index (κ2) is 13.3. The number of hydrogen-bond acceptors (Lipinski definition) is 3. The average molecular weight is 747 g/mol.